The molecule has 1 aliphatic rings. The maximum atomic E-state index is 8.75. The molecule has 0 aliphatic heterocycles. The lowest BCUT2D eigenvalue weighted by atomic mass is 10.1. The molecule has 2 atom stereocenters. The Hall–Kier alpha value is -0.850. The van der Waals surface area contributed by atoms with Crippen molar-refractivity contribution in [1.29, 1.82) is 5.26 Å². The lowest BCUT2D eigenvalue weighted by Crippen LogP contribution is -2.24. The van der Waals surface area contributed by atoms with Gasteiger partial charge in [0.25, 0.3) is 0 Å². The third kappa shape index (κ3) is 2.28. The van der Waals surface area contributed by atoms with Crippen molar-refractivity contribution in [1.82, 2.24) is 5.32 Å². The van der Waals surface area contributed by atoms with Gasteiger partial charge in [0.2, 0.25) is 0 Å². The molecule has 0 aromatic heterocycles. The molecule has 1 aromatic rings. The number of rotatable bonds is 3. The monoisotopic (exact) mass is 278 g/mol. The highest BCUT2D eigenvalue weighted by Crippen LogP contribution is 2.35. The molecule has 16 heavy (non-hydrogen) atoms. The van der Waals surface area contributed by atoms with Gasteiger partial charge in [0.1, 0.15) is 0 Å². The third-order valence-corrected chi connectivity index (χ3v) is 3.85. The van der Waals surface area contributed by atoms with E-state index in [1.54, 1.807) is 0 Å². The molecule has 0 saturated carbocycles. The Labute approximate surface area is 105 Å². The number of halogens is 1. The molecule has 0 heterocycles. The Bertz CT molecular complexity index is 422. The number of hydrogen-bond donors (Lipinski definition) is 1. The van der Waals surface area contributed by atoms with Crippen LogP contribution in [0.4, 0.5) is 0 Å². The van der Waals surface area contributed by atoms with Crippen LogP contribution in [-0.4, -0.2) is 6.54 Å². The molecule has 1 aliphatic carbocycles. The molecule has 2 unspecified atom stereocenters. The largest absolute Gasteiger partial charge is 0.309 e. The second kappa shape index (κ2) is 4.99. The Kier molecular flexibility index (Phi) is 3.63. The summed E-state index contributed by atoms with van der Waals surface area (Å²) in [4.78, 5) is 0. The van der Waals surface area contributed by atoms with Crippen LogP contribution in [0.1, 0.15) is 30.5 Å². The minimum Gasteiger partial charge on any atom is -0.309 e. The van der Waals surface area contributed by atoms with Crippen molar-refractivity contribution < 1.29 is 0 Å². The fourth-order valence-electron chi connectivity index (χ4n) is 2.19. The Morgan fingerprint density at radius 3 is 3.19 bits per heavy atom. The normalized spacial score (nSPS) is 20.2. The summed E-state index contributed by atoms with van der Waals surface area (Å²) in [7, 11) is 0. The SMILES string of the molecule is CC(C#N)CNC1CCc2c(Br)cccc21. The summed E-state index contributed by atoms with van der Waals surface area (Å²) in [6.45, 7) is 2.72. The predicted molar refractivity (Wildman–Crippen MR) is 68.0 cm³/mol. The third-order valence-electron chi connectivity index (χ3n) is 3.10. The summed E-state index contributed by atoms with van der Waals surface area (Å²) in [6, 6.07) is 9.03. The summed E-state index contributed by atoms with van der Waals surface area (Å²) in [5, 5.41) is 12.2. The molecule has 0 amide bonds. The van der Waals surface area contributed by atoms with Gasteiger partial charge in [0, 0.05) is 17.1 Å². The summed E-state index contributed by atoms with van der Waals surface area (Å²) in [5.41, 5.74) is 2.81. The first-order valence-electron chi connectivity index (χ1n) is 5.62. The van der Waals surface area contributed by atoms with E-state index in [0.717, 1.165) is 19.4 Å². The van der Waals surface area contributed by atoms with E-state index in [9.17, 15) is 0 Å². The van der Waals surface area contributed by atoms with Crippen molar-refractivity contribution in [2.45, 2.75) is 25.8 Å². The van der Waals surface area contributed by atoms with Gasteiger partial charge in [-0.05, 0) is 37.0 Å². The molecular weight excluding hydrogens is 264 g/mol. The van der Waals surface area contributed by atoms with Crippen molar-refractivity contribution in [2.75, 3.05) is 6.54 Å². The minimum absolute atomic E-state index is 0.0798. The van der Waals surface area contributed by atoms with Crippen molar-refractivity contribution in [3.8, 4) is 6.07 Å². The fourth-order valence-corrected chi connectivity index (χ4v) is 2.77. The number of nitrogens with one attached hydrogen (secondary N) is 1. The topological polar surface area (TPSA) is 35.8 Å². The second-order valence-corrected chi connectivity index (χ2v) is 5.19. The van der Waals surface area contributed by atoms with Crippen molar-refractivity contribution in [2.24, 2.45) is 5.92 Å². The summed E-state index contributed by atoms with van der Waals surface area (Å²) < 4.78 is 1.21. The average Bonchev–Trinajstić information content (AvgIpc) is 2.70. The van der Waals surface area contributed by atoms with Gasteiger partial charge >= 0.3 is 0 Å². The number of hydrogen-bond acceptors (Lipinski definition) is 2. The zero-order chi connectivity index (χ0) is 11.5. The minimum atomic E-state index is 0.0798. The van der Waals surface area contributed by atoms with E-state index < -0.39 is 0 Å². The van der Waals surface area contributed by atoms with Crippen molar-refractivity contribution in [3.05, 3.63) is 33.8 Å². The summed E-state index contributed by atoms with van der Waals surface area (Å²) in [6.07, 6.45) is 2.26. The zero-order valence-corrected chi connectivity index (χ0v) is 10.9. The van der Waals surface area contributed by atoms with Crippen LogP contribution in [0.25, 0.3) is 0 Å². The Morgan fingerprint density at radius 2 is 2.44 bits per heavy atom. The second-order valence-electron chi connectivity index (χ2n) is 4.34. The summed E-state index contributed by atoms with van der Waals surface area (Å²) >= 11 is 3.59. The van der Waals surface area contributed by atoms with Crippen LogP contribution in [-0.2, 0) is 6.42 Å². The van der Waals surface area contributed by atoms with Crippen molar-refractivity contribution >= 4 is 15.9 Å². The fraction of sp³-hybridized carbons (Fsp3) is 0.462. The molecule has 2 rings (SSSR count). The molecule has 1 aromatic carbocycles. The van der Waals surface area contributed by atoms with E-state index in [4.69, 9.17) is 5.26 Å². The van der Waals surface area contributed by atoms with Gasteiger partial charge in [-0.1, -0.05) is 28.1 Å². The van der Waals surface area contributed by atoms with E-state index in [1.807, 2.05) is 6.92 Å². The zero-order valence-electron chi connectivity index (χ0n) is 9.33. The maximum Gasteiger partial charge on any atom is 0.0666 e. The standard InChI is InChI=1S/C13H15BrN2/c1-9(7-15)8-16-13-6-5-10-11(13)3-2-4-12(10)14/h2-4,9,13,16H,5-6,8H2,1H3. The molecule has 0 saturated heterocycles. The number of nitriles is 1. The molecule has 0 spiro atoms. The van der Waals surface area contributed by atoms with Crippen molar-refractivity contribution in [3.63, 3.8) is 0 Å². The van der Waals surface area contributed by atoms with Gasteiger partial charge < -0.3 is 5.32 Å². The van der Waals surface area contributed by atoms with Crippen LogP contribution in [0.2, 0.25) is 0 Å². The number of fused-ring (bicyclic) bond motifs is 1. The molecule has 1 N–H and O–H groups in total. The smallest absolute Gasteiger partial charge is 0.0666 e. The van der Waals surface area contributed by atoms with Crippen LogP contribution in [0.5, 0.6) is 0 Å². The molecule has 0 bridgehead atoms. The predicted octanol–water partition coefficient (Wildman–Crippen LogP) is 3.19. The quantitative estimate of drug-likeness (QED) is 0.922. The van der Waals surface area contributed by atoms with Crippen LogP contribution in [0.15, 0.2) is 22.7 Å². The Morgan fingerprint density at radius 1 is 1.62 bits per heavy atom. The van der Waals surface area contributed by atoms with E-state index in [2.05, 4.69) is 45.5 Å². The van der Waals surface area contributed by atoms with Gasteiger partial charge in [0.05, 0.1) is 12.0 Å². The first-order valence-corrected chi connectivity index (χ1v) is 6.42. The van der Waals surface area contributed by atoms with Gasteiger partial charge in [-0.3, -0.25) is 0 Å². The molecule has 84 valence electrons. The highest BCUT2D eigenvalue weighted by molar-refractivity contribution is 9.10. The lowest BCUT2D eigenvalue weighted by molar-refractivity contribution is 0.497. The van der Waals surface area contributed by atoms with Crippen LogP contribution in [0, 0.1) is 17.2 Å². The number of nitrogens with zero attached hydrogens (tertiary/aromatic N) is 1. The van der Waals surface area contributed by atoms with Gasteiger partial charge in [-0.25, -0.2) is 0 Å². The highest BCUT2D eigenvalue weighted by Gasteiger charge is 2.23. The molecule has 0 fully saturated rings. The van der Waals surface area contributed by atoms with Crippen LogP contribution >= 0.6 is 15.9 Å². The molecular formula is C13H15BrN2. The average molecular weight is 279 g/mol. The van der Waals surface area contributed by atoms with Crippen LogP contribution < -0.4 is 5.32 Å². The van der Waals surface area contributed by atoms with Crippen LogP contribution in [0.3, 0.4) is 0 Å². The molecule has 0 radical (unpaired) electrons. The van der Waals surface area contributed by atoms with Gasteiger partial charge in [0.15, 0.2) is 0 Å². The molecule has 2 nitrogen and oxygen atoms in total. The maximum absolute atomic E-state index is 8.75. The number of benzene rings is 1. The van der Waals surface area contributed by atoms with E-state index in [0.29, 0.717) is 6.04 Å². The van der Waals surface area contributed by atoms with E-state index in [-0.39, 0.29) is 5.92 Å². The first kappa shape index (κ1) is 11.6. The van der Waals surface area contributed by atoms with Gasteiger partial charge in [-0.15, -0.1) is 0 Å². The highest BCUT2D eigenvalue weighted by atomic mass is 79.9. The first-order chi connectivity index (χ1) is 7.72. The Balaban J connectivity index is 2.07. The van der Waals surface area contributed by atoms with E-state index >= 15 is 0 Å². The summed E-state index contributed by atoms with van der Waals surface area (Å²) in [5.74, 6) is 0.0798. The van der Waals surface area contributed by atoms with Gasteiger partial charge in [-0.2, -0.15) is 5.26 Å². The van der Waals surface area contributed by atoms with E-state index in [1.165, 1.54) is 15.6 Å². The lowest BCUT2D eigenvalue weighted by Gasteiger charge is -2.14. The molecule has 3 heteroatoms.